The van der Waals surface area contributed by atoms with Crippen LogP contribution in [0.15, 0.2) is 0 Å². The molecule has 0 aromatic carbocycles. The Morgan fingerprint density at radius 3 is 1.82 bits per heavy atom. The first-order valence-corrected chi connectivity index (χ1v) is 8.30. The molecule has 1 saturated heterocycles. The van der Waals surface area contributed by atoms with Crippen molar-refractivity contribution >= 4 is 0 Å². The topological polar surface area (TPSA) is 102 Å². The highest BCUT2D eigenvalue weighted by Gasteiger charge is 2.14. The van der Waals surface area contributed by atoms with Gasteiger partial charge in [-0.3, -0.25) is 0 Å². The summed E-state index contributed by atoms with van der Waals surface area (Å²) in [6.07, 6.45) is 14.5. The molecule has 0 spiro atoms. The van der Waals surface area contributed by atoms with Crippen molar-refractivity contribution in [1.29, 1.82) is 0 Å². The molecule has 7 nitrogen and oxygen atoms in total. The molecule has 132 valence electrons. The van der Waals surface area contributed by atoms with Crippen molar-refractivity contribution in [2.24, 2.45) is 0 Å². The Kier molecular flexibility index (Phi) is 15.8. The highest BCUT2D eigenvalue weighted by molar-refractivity contribution is 4.60. The molecule has 7 heteroatoms. The number of rotatable bonds is 12. The summed E-state index contributed by atoms with van der Waals surface area (Å²) in [7, 11) is 0. The molecule has 1 unspecified atom stereocenters. The number of unbranched alkanes of at least 4 members (excludes halogenated alkanes) is 9. The third kappa shape index (κ3) is 17.1. The standard InChI is InChI=1S/C15H30O3.HNO3/c16-12-10-8-6-4-2-1-3-5-7-9-11-15-13-17-14-18-15;2-1(3)4/h15-16H,1-14H2;(H,2,3,4). The van der Waals surface area contributed by atoms with E-state index in [9.17, 15) is 0 Å². The van der Waals surface area contributed by atoms with Gasteiger partial charge >= 0.3 is 0 Å². The lowest BCUT2D eigenvalue weighted by Crippen LogP contribution is -2.08. The van der Waals surface area contributed by atoms with Crippen molar-refractivity contribution in [2.75, 3.05) is 20.0 Å². The molecule has 22 heavy (non-hydrogen) atoms. The highest BCUT2D eigenvalue weighted by Crippen LogP contribution is 2.14. The van der Waals surface area contributed by atoms with Gasteiger partial charge in [-0.05, 0) is 12.8 Å². The second-order valence-corrected chi connectivity index (χ2v) is 5.56. The molecule has 1 atom stereocenters. The summed E-state index contributed by atoms with van der Waals surface area (Å²) in [6.45, 7) is 1.66. The van der Waals surface area contributed by atoms with E-state index in [1.807, 2.05) is 0 Å². The van der Waals surface area contributed by atoms with Gasteiger partial charge in [-0.15, -0.1) is 10.1 Å². The van der Waals surface area contributed by atoms with Gasteiger partial charge in [0.2, 0.25) is 0 Å². The maximum Gasteiger partial charge on any atom is 0.291 e. The highest BCUT2D eigenvalue weighted by atomic mass is 16.9. The van der Waals surface area contributed by atoms with Crippen LogP contribution in [-0.4, -0.2) is 41.5 Å². The van der Waals surface area contributed by atoms with E-state index < -0.39 is 5.09 Å². The summed E-state index contributed by atoms with van der Waals surface area (Å²) in [5, 5.41) is 22.3. The summed E-state index contributed by atoms with van der Waals surface area (Å²) >= 11 is 0. The number of nitrogens with zero attached hydrogens (tertiary/aromatic N) is 1. The fourth-order valence-electron chi connectivity index (χ4n) is 2.44. The molecular formula is C15H31NO6. The first-order valence-electron chi connectivity index (χ1n) is 8.30. The van der Waals surface area contributed by atoms with Crippen LogP contribution in [0, 0.1) is 10.1 Å². The molecule has 1 rings (SSSR count). The van der Waals surface area contributed by atoms with Gasteiger partial charge in [0.25, 0.3) is 5.09 Å². The van der Waals surface area contributed by atoms with E-state index in [0.29, 0.717) is 19.5 Å². The molecule has 1 heterocycles. The molecule has 0 aliphatic carbocycles. The first kappa shape index (κ1) is 21.1. The van der Waals surface area contributed by atoms with Gasteiger partial charge in [-0.25, -0.2) is 0 Å². The summed E-state index contributed by atoms with van der Waals surface area (Å²) in [5.74, 6) is 0. The average Bonchev–Trinajstić information content (AvgIpc) is 2.97. The molecule has 0 aromatic rings. The summed E-state index contributed by atoms with van der Waals surface area (Å²) in [5.41, 5.74) is 0. The van der Waals surface area contributed by atoms with Crippen molar-refractivity contribution in [3.05, 3.63) is 10.1 Å². The van der Waals surface area contributed by atoms with E-state index in [-0.39, 0.29) is 0 Å². The van der Waals surface area contributed by atoms with E-state index >= 15 is 0 Å². The third-order valence-corrected chi connectivity index (χ3v) is 3.63. The quantitative estimate of drug-likeness (QED) is 0.325. The largest absolute Gasteiger partial charge is 0.396 e. The Balaban J connectivity index is 0.000000980. The van der Waals surface area contributed by atoms with Crippen LogP contribution in [0.4, 0.5) is 0 Å². The van der Waals surface area contributed by atoms with E-state index in [2.05, 4.69) is 0 Å². The minimum atomic E-state index is -1.50. The summed E-state index contributed by atoms with van der Waals surface area (Å²) in [4.78, 5) is 8.36. The Labute approximate surface area is 132 Å². The predicted molar refractivity (Wildman–Crippen MR) is 82.3 cm³/mol. The van der Waals surface area contributed by atoms with Crippen LogP contribution in [0.3, 0.4) is 0 Å². The molecule has 1 aliphatic heterocycles. The second kappa shape index (κ2) is 16.5. The van der Waals surface area contributed by atoms with Crippen molar-refractivity contribution < 1.29 is 24.9 Å². The second-order valence-electron chi connectivity index (χ2n) is 5.56. The molecule has 1 aliphatic rings. The lowest BCUT2D eigenvalue weighted by molar-refractivity contribution is -0.742. The summed E-state index contributed by atoms with van der Waals surface area (Å²) < 4.78 is 10.6. The van der Waals surface area contributed by atoms with Gasteiger partial charge in [0.1, 0.15) is 6.79 Å². The van der Waals surface area contributed by atoms with Crippen LogP contribution < -0.4 is 0 Å². The van der Waals surface area contributed by atoms with Crippen LogP contribution in [0.2, 0.25) is 0 Å². The normalized spacial score (nSPS) is 17.0. The average molecular weight is 321 g/mol. The molecule has 0 bridgehead atoms. The molecule has 0 aromatic heterocycles. The van der Waals surface area contributed by atoms with Crippen LogP contribution in [-0.2, 0) is 9.47 Å². The maximum absolute atomic E-state index is 8.65. The van der Waals surface area contributed by atoms with E-state index in [1.54, 1.807) is 0 Å². The lowest BCUT2D eigenvalue weighted by Gasteiger charge is -2.06. The van der Waals surface area contributed by atoms with Gasteiger partial charge in [0, 0.05) is 6.61 Å². The van der Waals surface area contributed by atoms with Crippen LogP contribution >= 0.6 is 0 Å². The van der Waals surface area contributed by atoms with Crippen molar-refractivity contribution in [2.45, 2.75) is 76.7 Å². The molecule has 0 saturated carbocycles. The minimum absolute atomic E-state index is 0.357. The zero-order chi connectivity index (χ0) is 16.5. The van der Waals surface area contributed by atoms with Gasteiger partial charge in [0.05, 0.1) is 12.7 Å². The first-order chi connectivity index (χ1) is 10.7. The van der Waals surface area contributed by atoms with E-state index in [0.717, 1.165) is 13.0 Å². The van der Waals surface area contributed by atoms with Crippen molar-refractivity contribution in [3.8, 4) is 0 Å². The fourth-order valence-corrected chi connectivity index (χ4v) is 2.44. The van der Waals surface area contributed by atoms with E-state index in [1.165, 1.54) is 64.2 Å². The number of aliphatic hydroxyl groups excluding tert-OH is 1. The Hall–Kier alpha value is -0.920. The Morgan fingerprint density at radius 1 is 0.955 bits per heavy atom. The van der Waals surface area contributed by atoms with Gasteiger partial charge in [-0.2, -0.15) is 0 Å². The van der Waals surface area contributed by atoms with Gasteiger partial charge in [0.15, 0.2) is 0 Å². The minimum Gasteiger partial charge on any atom is -0.396 e. The monoisotopic (exact) mass is 321 g/mol. The molecule has 0 amide bonds. The number of aliphatic hydroxyl groups is 1. The van der Waals surface area contributed by atoms with Crippen molar-refractivity contribution in [3.63, 3.8) is 0 Å². The SMILES string of the molecule is O=[N+]([O-])O.OCCCCCCCCCCCCC1COCO1. The van der Waals surface area contributed by atoms with E-state index in [4.69, 9.17) is 29.9 Å². The van der Waals surface area contributed by atoms with Gasteiger partial charge < -0.3 is 19.8 Å². The molecule has 2 N–H and O–H groups in total. The number of hydrogen-bond donors (Lipinski definition) is 2. The van der Waals surface area contributed by atoms with Crippen LogP contribution in [0.5, 0.6) is 0 Å². The molecule has 0 radical (unpaired) electrons. The number of hydrogen-bond acceptors (Lipinski definition) is 5. The zero-order valence-electron chi connectivity index (χ0n) is 13.5. The molecular weight excluding hydrogens is 290 g/mol. The lowest BCUT2D eigenvalue weighted by atomic mass is 10.0. The summed E-state index contributed by atoms with van der Waals surface area (Å²) in [6, 6.07) is 0. The zero-order valence-corrected chi connectivity index (χ0v) is 13.5. The maximum atomic E-state index is 8.65. The molecule has 1 fully saturated rings. The van der Waals surface area contributed by atoms with Crippen LogP contribution in [0.25, 0.3) is 0 Å². The Morgan fingerprint density at radius 2 is 1.41 bits per heavy atom. The van der Waals surface area contributed by atoms with Gasteiger partial charge in [-0.1, -0.05) is 57.8 Å². The third-order valence-electron chi connectivity index (χ3n) is 3.63. The smallest absolute Gasteiger partial charge is 0.291 e. The van der Waals surface area contributed by atoms with Crippen molar-refractivity contribution in [1.82, 2.24) is 0 Å². The number of ether oxygens (including phenoxy) is 2. The predicted octanol–water partition coefficient (Wildman–Crippen LogP) is 3.30. The van der Waals surface area contributed by atoms with Crippen LogP contribution in [0.1, 0.15) is 70.6 Å². The fraction of sp³-hybridized carbons (Fsp3) is 1.00. The Bertz CT molecular complexity index is 242.